The van der Waals surface area contributed by atoms with Crippen LogP contribution in [-0.4, -0.2) is 25.3 Å². The summed E-state index contributed by atoms with van der Waals surface area (Å²) in [6, 6.07) is 5.11. The summed E-state index contributed by atoms with van der Waals surface area (Å²) in [6.07, 6.45) is 1.49. The first-order valence-electron chi connectivity index (χ1n) is 5.60. The Labute approximate surface area is 110 Å². The molecule has 0 unspecified atom stereocenters. The number of rotatable bonds is 4. The van der Waals surface area contributed by atoms with E-state index in [2.05, 4.69) is 10.5 Å². The molecule has 0 aliphatic carbocycles. The summed E-state index contributed by atoms with van der Waals surface area (Å²) in [5, 5.41) is 6.27. The third-order valence-corrected chi connectivity index (χ3v) is 2.61. The number of benzene rings is 1. The standard InChI is InChI=1S/C13H14N2O4/c1-8-7-14-19-12(8)13(16)15-10-5-4-9(17-2)6-11(10)18-3/h4-7H,1-3H3,(H,15,16). The molecule has 0 bridgehead atoms. The SMILES string of the molecule is COc1ccc(NC(=O)c2oncc2C)c(OC)c1. The Kier molecular flexibility index (Phi) is 3.70. The highest BCUT2D eigenvalue weighted by Crippen LogP contribution is 2.29. The largest absolute Gasteiger partial charge is 0.497 e. The van der Waals surface area contributed by atoms with E-state index in [-0.39, 0.29) is 11.7 Å². The molecular weight excluding hydrogens is 248 g/mol. The fourth-order valence-electron chi connectivity index (χ4n) is 1.59. The van der Waals surface area contributed by atoms with Gasteiger partial charge in [0.05, 0.1) is 26.1 Å². The zero-order valence-corrected chi connectivity index (χ0v) is 10.9. The highest BCUT2D eigenvalue weighted by molar-refractivity contribution is 6.03. The lowest BCUT2D eigenvalue weighted by atomic mass is 10.2. The third kappa shape index (κ3) is 2.67. The second kappa shape index (κ2) is 5.43. The molecule has 1 N–H and O–H groups in total. The van der Waals surface area contributed by atoms with E-state index in [1.165, 1.54) is 13.3 Å². The maximum atomic E-state index is 12.0. The van der Waals surface area contributed by atoms with Crippen molar-refractivity contribution in [3.63, 3.8) is 0 Å². The molecule has 1 aromatic heterocycles. The van der Waals surface area contributed by atoms with Crippen LogP contribution in [0.25, 0.3) is 0 Å². The molecule has 0 fully saturated rings. The number of hydrogen-bond acceptors (Lipinski definition) is 5. The molecule has 0 aliphatic rings. The van der Waals surface area contributed by atoms with E-state index in [0.29, 0.717) is 22.7 Å². The second-order valence-corrected chi connectivity index (χ2v) is 3.86. The van der Waals surface area contributed by atoms with E-state index < -0.39 is 0 Å². The molecular formula is C13H14N2O4. The molecule has 0 spiro atoms. The number of nitrogens with zero attached hydrogens (tertiary/aromatic N) is 1. The lowest BCUT2D eigenvalue weighted by molar-refractivity contribution is 0.0986. The lowest BCUT2D eigenvalue weighted by Gasteiger charge is -2.10. The van der Waals surface area contributed by atoms with Crippen LogP contribution < -0.4 is 14.8 Å². The molecule has 0 aliphatic heterocycles. The zero-order valence-electron chi connectivity index (χ0n) is 10.9. The van der Waals surface area contributed by atoms with E-state index in [1.807, 2.05) is 0 Å². The van der Waals surface area contributed by atoms with Crippen molar-refractivity contribution in [2.75, 3.05) is 19.5 Å². The number of hydrogen-bond donors (Lipinski definition) is 1. The van der Waals surface area contributed by atoms with Crippen LogP contribution in [-0.2, 0) is 0 Å². The highest BCUT2D eigenvalue weighted by atomic mass is 16.5. The van der Waals surface area contributed by atoms with Gasteiger partial charge in [-0.2, -0.15) is 0 Å². The summed E-state index contributed by atoms with van der Waals surface area (Å²) in [6.45, 7) is 1.75. The third-order valence-electron chi connectivity index (χ3n) is 2.61. The summed E-state index contributed by atoms with van der Waals surface area (Å²) in [7, 11) is 3.08. The summed E-state index contributed by atoms with van der Waals surface area (Å²) >= 11 is 0. The molecule has 1 aromatic carbocycles. The average Bonchev–Trinajstić information content (AvgIpc) is 2.85. The second-order valence-electron chi connectivity index (χ2n) is 3.86. The van der Waals surface area contributed by atoms with Crippen LogP contribution in [0.1, 0.15) is 16.1 Å². The molecule has 6 nitrogen and oxygen atoms in total. The number of amides is 1. The van der Waals surface area contributed by atoms with Crippen molar-refractivity contribution in [1.82, 2.24) is 5.16 Å². The molecule has 100 valence electrons. The quantitative estimate of drug-likeness (QED) is 0.914. The highest BCUT2D eigenvalue weighted by Gasteiger charge is 2.16. The van der Waals surface area contributed by atoms with Gasteiger partial charge >= 0.3 is 0 Å². The van der Waals surface area contributed by atoms with Crippen LogP contribution in [0.5, 0.6) is 11.5 Å². The van der Waals surface area contributed by atoms with Gasteiger partial charge in [0, 0.05) is 11.6 Å². The fourth-order valence-corrected chi connectivity index (χ4v) is 1.59. The van der Waals surface area contributed by atoms with E-state index in [1.54, 1.807) is 32.2 Å². The molecule has 6 heteroatoms. The van der Waals surface area contributed by atoms with Gasteiger partial charge in [0.25, 0.3) is 5.91 Å². The Morgan fingerprint density at radius 1 is 1.32 bits per heavy atom. The Balaban J connectivity index is 2.24. The normalized spacial score (nSPS) is 10.1. The molecule has 0 saturated heterocycles. The van der Waals surface area contributed by atoms with Gasteiger partial charge in [-0.05, 0) is 19.1 Å². The van der Waals surface area contributed by atoms with E-state index in [0.717, 1.165) is 0 Å². The van der Waals surface area contributed by atoms with Crippen molar-refractivity contribution in [3.05, 3.63) is 35.7 Å². The predicted molar refractivity (Wildman–Crippen MR) is 68.7 cm³/mol. The van der Waals surface area contributed by atoms with Gasteiger partial charge in [-0.3, -0.25) is 4.79 Å². The Hall–Kier alpha value is -2.50. The number of anilines is 1. The fraction of sp³-hybridized carbons (Fsp3) is 0.231. The monoisotopic (exact) mass is 262 g/mol. The Morgan fingerprint density at radius 2 is 2.11 bits per heavy atom. The summed E-state index contributed by atoms with van der Waals surface area (Å²) < 4.78 is 15.2. The smallest absolute Gasteiger partial charge is 0.294 e. The van der Waals surface area contributed by atoms with Crippen molar-refractivity contribution >= 4 is 11.6 Å². The maximum absolute atomic E-state index is 12.0. The van der Waals surface area contributed by atoms with Crippen molar-refractivity contribution in [3.8, 4) is 11.5 Å². The number of aryl methyl sites for hydroxylation is 1. The van der Waals surface area contributed by atoms with Gasteiger partial charge < -0.3 is 19.3 Å². The van der Waals surface area contributed by atoms with Gasteiger partial charge in [0.15, 0.2) is 0 Å². The number of methoxy groups -OCH3 is 2. The van der Waals surface area contributed by atoms with Crippen LogP contribution in [0.2, 0.25) is 0 Å². The Bertz CT molecular complexity index is 592. The molecule has 2 rings (SSSR count). The first-order valence-corrected chi connectivity index (χ1v) is 5.60. The minimum atomic E-state index is -0.376. The first-order chi connectivity index (χ1) is 9.15. The number of ether oxygens (including phenoxy) is 2. The predicted octanol–water partition coefficient (Wildman–Crippen LogP) is 2.25. The van der Waals surface area contributed by atoms with E-state index >= 15 is 0 Å². The van der Waals surface area contributed by atoms with Crippen LogP contribution in [0.15, 0.2) is 28.9 Å². The van der Waals surface area contributed by atoms with Crippen LogP contribution in [0.3, 0.4) is 0 Å². The number of carbonyl (C=O) groups excluding carboxylic acids is 1. The minimum absolute atomic E-state index is 0.179. The topological polar surface area (TPSA) is 73.6 Å². The minimum Gasteiger partial charge on any atom is -0.497 e. The number of carbonyl (C=O) groups is 1. The maximum Gasteiger partial charge on any atom is 0.294 e. The van der Waals surface area contributed by atoms with Gasteiger partial charge in [-0.15, -0.1) is 0 Å². The summed E-state index contributed by atoms with van der Waals surface area (Å²) in [5.74, 6) is 0.951. The van der Waals surface area contributed by atoms with Crippen LogP contribution in [0, 0.1) is 6.92 Å². The molecule has 1 amide bonds. The van der Waals surface area contributed by atoms with Crippen molar-refractivity contribution in [1.29, 1.82) is 0 Å². The molecule has 19 heavy (non-hydrogen) atoms. The lowest BCUT2D eigenvalue weighted by Crippen LogP contribution is -2.12. The van der Waals surface area contributed by atoms with Gasteiger partial charge in [-0.25, -0.2) is 0 Å². The first kappa shape index (κ1) is 12.9. The van der Waals surface area contributed by atoms with Crippen LogP contribution in [0.4, 0.5) is 5.69 Å². The summed E-state index contributed by atoms with van der Waals surface area (Å²) in [5.41, 5.74) is 1.20. The van der Waals surface area contributed by atoms with Crippen molar-refractivity contribution in [2.24, 2.45) is 0 Å². The Morgan fingerprint density at radius 3 is 2.68 bits per heavy atom. The van der Waals surface area contributed by atoms with Crippen molar-refractivity contribution < 1.29 is 18.8 Å². The van der Waals surface area contributed by atoms with E-state index in [4.69, 9.17) is 14.0 Å². The number of aromatic nitrogens is 1. The molecule has 2 aromatic rings. The molecule has 1 heterocycles. The van der Waals surface area contributed by atoms with Crippen molar-refractivity contribution in [2.45, 2.75) is 6.92 Å². The zero-order chi connectivity index (χ0) is 13.8. The van der Waals surface area contributed by atoms with Gasteiger partial charge in [0.1, 0.15) is 11.5 Å². The molecule has 0 radical (unpaired) electrons. The average molecular weight is 262 g/mol. The molecule has 0 atom stereocenters. The van der Waals surface area contributed by atoms with Crippen LogP contribution >= 0.6 is 0 Å². The van der Waals surface area contributed by atoms with Gasteiger partial charge in [-0.1, -0.05) is 5.16 Å². The van der Waals surface area contributed by atoms with Gasteiger partial charge in [0.2, 0.25) is 5.76 Å². The summed E-state index contributed by atoms with van der Waals surface area (Å²) in [4.78, 5) is 12.0. The molecule has 0 saturated carbocycles. The van der Waals surface area contributed by atoms with E-state index in [9.17, 15) is 4.79 Å². The number of nitrogens with one attached hydrogen (secondary N) is 1.